The zero-order chi connectivity index (χ0) is 20.5. The molecule has 3 heterocycles. The topological polar surface area (TPSA) is 101 Å². The fourth-order valence-corrected chi connectivity index (χ4v) is 3.93. The summed E-state index contributed by atoms with van der Waals surface area (Å²) in [7, 11) is 0. The molecule has 1 aromatic heterocycles. The van der Waals surface area contributed by atoms with E-state index >= 15 is 0 Å². The number of hydrogen-bond acceptors (Lipinski definition) is 6. The third kappa shape index (κ3) is 4.07. The van der Waals surface area contributed by atoms with Crippen LogP contribution in [0.3, 0.4) is 0 Å². The van der Waals surface area contributed by atoms with Gasteiger partial charge in [-0.1, -0.05) is 29.3 Å². The SMILES string of the molecule is O=C(NCCN1C(=O)S/C(=C\c2ccc3c(c2)OCO3)C1=O)c1cc(Cl)c(Cl)[nH]1. The van der Waals surface area contributed by atoms with Crippen molar-refractivity contribution >= 4 is 58.1 Å². The minimum atomic E-state index is -0.443. The summed E-state index contributed by atoms with van der Waals surface area (Å²) >= 11 is 12.4. The molecule has 2 N–H and O–H groups in total. The lowest BCUT2D eigenvalue weighted by molar-refractivity contribution is -0.122. The number of H-pyrrole nitrogens is 1. The van der Waals surface area contributed by atoms with Gasteiger partial charge in [-0.15, -0.1) is 0 Å². The Labute approximate surface area is 179 Å². The van der Waals surface area contributed by atoms with Crippen molar-refractivity contribution in [3.05, 3.63) is 50.6 Å². The summed E-state index contributed by atoms with van der Waals surface area (Å²) in [6, 6.07) is 6.65. The first-order chi connectivity index (χ1) is 13.9. The molecule has 2 aromatic rings. The molecule has 2 aliphatic heterocycles. The third-order valence-corrected chi connectivity index (χ3v) is 5.76. The largest absolute Gasteiger partial charge is 0.454 e. The predicted molar refractivity (Wildman–Crippen MR) is 108 cm³/mol. The lowest BCUT2D eigenvalue weighted by atomic mass is 10.2. The van der Waals surface area contributed by atoms with Crippen molar-refractivity contribution in [2.45, 2.75) is 0 Å². The second-order valence-electron chi connectivity index (χ2n) is 6.05. The number of imide groups is 1. The summed E-state index contributed by atoms with van der Waals surface area (Å²) in [5.41, 5.74) is 0.908. The average molecular weight is 454 g/mol. The van der Waals surface area contributed by atoms with Gasteiger partial charge in [0.15, 0.2) is 11.5 Å². The molecule has 0 aliphatic carbocycles. The number of halogens is 2. The first kappa shape index (κ1) is 19.7. The van der Waals surface area contributed by atoms with Gasteiger partial charge in [0.2, 0.25) is 6.79 Å². The number of hydrogen-bond donors (Lipinski definition) is 2. The maximum Gasteiger partial charge on any atom is 0.293 e. The molecule has 0 spiro atoms. The van der Waals surface area contributed by atoms with Gasteiger partial charge < -0.3 is 19.8 Å². The van der Waals surface area contributed by atoms with Crippen molar-refractivity contribution < 1.29 is 23.9 Å². The lowest BCUT2D eigenvalue weighted by Gasteiger charge is -2.12. The molecular weight excluding hydrogens is 441 g/mol. The van der Waals surface area contributed by atoms with E-state index < -0.39 is 17.1 Å². The Hall–Kier alpha value is -2.62. The van der Waals surface area contributed by atoms with E-state index in [1.807, 2.05) is 0 Å². The van der Waals surface area contributed by atoms with E-state index in [2.05, 4.69) is 10.3 Å². The van der Waals surface area contributed by atoms with Crippen LogP contribution in [0, 0.1) is 0 Å². The zero-order valence-electron chi connectivity index (χ0n) is 14.7. The number of aromatic nitrogens is 1. The summed E-state index contributed by atoms with van der Waals surface area (Å²) in [6.07, 6.45) is 1.62. The molecule has 0 unspecified atom stereocenters. The number of ether oxygens (including phenoxy) is 2. The summed E-state index contributed by atoms with van der Waals surface area (Å²) < 4.78 is 10.6. The molecule has 0 radical (unpaired) electrons. The Morgan fingerprint density at radius 1 is 1.24 bits per heavy atom. The van der Waals surface area contributed by atoms with E-state index in [0.29, 0.717) is 22.0 Å². The van der Waals surface area contributed by atoms with Crippen molar-refractivity contribution in [1.29, 1.82) is 0 Å². The number of amides is 3. The Bertz CT molecular complexity index is 1030. The number of nitrogens with one attached hydrogen (secondary N) is 2. The van der Waals surface area contributed by atoms with Gasteiger partial charge in [-0.2, -0.15) is 0 Å². The van der Waals surface area contributed by atoms with Crippen LogP contribution < -0.4 is 14.8 Å². The maximum atomic E-state index is 12.6. The van der Waals surface area contributed by atoms with Gasteiger partial charge in [-0.25, -0.2) is 0 Å². The Balaban J connectivity index is 1.37. The number of aromatic amines is 1. The van der Waals surface area contributed by atoms with Crippen molar-refractivity contribution in [3.8, 4) is 11.5 Å². The van der Waals surface area contributed by atoms with Crippen LogP contribution in [0.1, 0.15) is 16.1 Å². The van der Waals surface area contributed by atoms with Gasteiger partial charge >= 0.3 is 0 Å². The standard InChI is InChI=1S/C18H13Cl2N3O5S/c19-10-7-11(22-15(10)20)16(24)21-3-4-23-17(25)14(29-18(23)26)6-9-1-2-12-13(5-9)28-8-27-12/h1-2,5-7,22H,3-4,8H2,(H,21,24)/b14-6-. The van der Waals surface area contributed by atoms with Crippen LogP contribution in [0.4, 0.5) is 4.79 Å². The Morgan fingerprint density at radius 2 is 2.03 bits per heavy atom. The van der Waals surface area contributed by atoms with Crippen molar-refractivity contribution in [1.82, 2.24) is 15.2 Å². The maximum absolute atomic E-state index is 12.6. The summed E-state index contributed by atoms with van der Waals surface area (Å²) in [4.78, 5) is 40.8. The molecule has 0 bridgehead atoms. The van der Waals surface area contributed by atoms with Crippen LogP contribution in [-0.2, 0) is 4.79 Å². The molecule has 4 rings (SSSR count). The van der Waals surface area contributed by atoms with Crippen LogP contribution in [0.25, 0.3) is 6.08 Å². The van der Waals surface area contributed by atoms with Gasteiger partial charge in [0.1, 0.15) is 10.8 Å². The minimum absolute atomic E-state index is 0.0387. The highest BCUT2D eigenvalue weighted by Gasteiger charge is 2.34. The van der Waals surface area contributed by atoms with Crippen LogP contribution in [0.2, 0.25) is 10.2 Å². The predicted octanol–water partition coefficient (Wildman–Crippen LogP) is 3.52. The van der Waals surface area contributed by atoms with E-state index in [0.717, 1.165) is 16.7 Å². The normalized spacial score (nSPS) is 16.8. The highest BCUT2D eigenvalue weighted by molar-refractivity contribution is 8.18. The van der Waals surface area contributed by atoms with Crippen LogP contribution in [0.5, 0.6) is 11.5 Å². The van der Waals surface area contributed by atoms with Crippen LogP contribution in [0.15, 0.2) is 29.2 Å². The highest BCUT2D eigenvalue weighted by atomic mass is 35.5. The molecule has 3 amide bonds. The number of carbonyl (C=O) groups excluding carboxylic acids is 3. The molecule has 29 heavy (non-hydrogen) atoms. The number of rotatable bonds is 5. The molecule has 11 heteroatoms. The smallest absolute Gasteiger partial charge is 0.293 e. The Kier molecular flexibility index (Phi) is 5.44. The van der Waals surface area contributed by atoms with Crippen molar-refractivity contribution in [2.24, 2.45) is 0 Å². The number of thioether (sulfide) groups is 1. The van der Waals surface area contributed by atoms with Crippen molar-refractivity contribution in [3.63, 3.8) is 0 Å². The summed E-state index contributed by atoms with van der Waals surface area (Å²) in [5, 5.41) is 2.60. The molecular formula is C18H13Cl2N3O5S. The highest BCUT2D eigenvalue weighted by Crippen LogP contribution is 2.36. The van der Waals surface area contributed by atoms with Crippen molar-refractivity contribution in [2.75, 3.05) is 19.9 Å². The van der Waals surface area contributed by atoms with Gasteiger partial charge in [0.05, 0.1) is 9.93 Å². The first-order valence-corrected chi connectivity index (χ1v) is 9.97. The van der Waals surface area contributed by atoms with Gasteiger partial charge in [-0.05, 0) is 41.6 Å². The van der Waals surface area contributed by atoms with E-state index in [9.17, 15) is 14.4 Å². The fraction of sp³-hybridized carbons (Fsp3) is 0.167. The second kappa shape index (κ2) is 8.02. The minimum Gasteiger partial charge on any atom is -0.454 e. The molecule has 0 saturated carbocycles. The number of benzene rings is 1. The molecule has 1 fully saturated rings. The molecule has 0 atom stereocenters. The molecule has 1 aromatic carbocycles. The van der Waals surface area contributed by atoms with E-state index in [1.54, 1.807) is 24.3 Å². The van der Waals surface area contributed by atoms with Crippen LogP contribution in [-0.4, -0.2) is 46.8 Å². The Morgan fingerprint density at radius 3 is 2.79 bits per heavy atom. The number of fused-ring (bicyclic) bond motifs is 1. The third-order valence-electron chi connectivity index (χ3n) is 4.16. The number of carbonyl (C=O) groups is 3. The summed E-state index contributed by atoms with van der Waals surface area (Å²) in [5.74, 6) is 0.361. The molecule has 1 saturated heterocycles. The van der Waals surface area contributed by atoms with Gasteiger partial charge in [0.25, 0.3) is 17.1 Å². The monoisotopic (exact) mass is 453 g/mol. The van der Waals surface area contributed by atoms with E-state index in [-0.39, 0.29) is 35.8 Å². The van der Waals surface area contributed by atoms with Gasteiger partial charge in [0, 0.05) is 13.1 Å². The first-order valence-electron chi connectivity index (χ1n) is 8.39. The fourth-order valence-electron chi connectivity index (χ4n) is 2.75. The average Bonchev–Trinajstić information content (AvgIpc) is 3.36. The quantitative estimate of drug-likeness (QED) is 0.671. The zero-order valence-corrected chi connectivity index (χ0v) is 17.0. The number of nitrogens with zero attached hydrogens (tertiary/aromatic N) is 1. The van der Waals surface area contributed by atoms with Gasteiger partial charge in [-0.3, -0.25) is 19.3 Å². The lowest BCUT2D eigenvalue weighted by Crippen LogP contribution is -2.37. The second-order valence-corrected chi connectivity index (χ2v) is 7.83. The molecule has 8 nitrogen and oxygen atoms in total. The summed E-state index contributed by atoms with van der Waals surface area (Å²) in [6.45, 7) is 0.279. The van der Waals surface area contributed by atoms with E-state index in [4.69, 9.17) is 32.7 Å². The van der Waals surface area contributed by atoms with Crippen LogP contribution >= 0.6 is 35.0 Å². The molecule has 150 valence electrons. The molecule has 2 aliphatic rings. The van der Waals surface area contributed by atoms with E-state index in [1.165, 1.54) is 6.07 Å².